The molecule has 2 aromatic rings. The van der Waals surface area contributed by atoms with Crippen LogP contribution < -0.4 is 0 Å². The third-order valence-corrected chi connectivity index (χ3v) is 5.05. The van der Waals surface area contributed by atoms with Gasteiger partial charge in [0.1, 0.15) is 6.73 Å². The van der Waals surface area contributed by atoms with Crippen molar-refractivity contribution < 1.29 is 17.9 Å². The summed E-state index contributed by atoms with van der Waals surface area (Å²) in [6.07, 6.45) is -1.68. The van der Waals surface area contributed by atoms with Crippen LogP contribution in [-0.2, 0) is 24.7 Å². The first kappa shape index (κ1) is 17.7. The normalized spacial score (nSPS) is 12.8. The fourth-order valence-electron chi connectivity index (χ4n) is 2.07. The molecule has 2 heterocycles. The Balaban J connectivity index is 2.06. The first-order valence-electron chi connectivity index (χ1n) is 7.29. The highest BCUT2D eigenvalue weighted by atomic mass is 28.3. The Morgan fingerprint density at radius 2 is 1.96 bits per heavy atom. The number of hydrogen-bond acceptors (Lipinski definition) is 3. The number of ether oxygens (including phenoxy) is 1. The van der Waals surface area contributed by atoms with Gasteiger partial charge in [0.15, 0.2) is 5.69 Å². The van der Waals surface area contributed by atoms with Crippen LogP contribution >= 0.6 is 0 Å². The molecular formula is C14H21F3N4OSi. The van der Waals surface area contributed by atoms with Crippen LogP contribution in [-0.4, -0.2) is 34.2 Å². The zero-order valence-corrected chi connectivity index (χ0v) is 14.7. The average molecular weight is 346 g/mol. The lowest BCUT2D eigenvalue weighted by atomic mass is 10.2. The highest BCUT2D eigenvalue weighted by molar-refractivity contribution is 6.76. The molecular weight excluding hydrogens is 325 g/mol. The Bertz CT molecular complexity index is 658. The van der Waals surface area contributed by atoms with Crippen LogP contribution in [0.25, 0.3) is 11.3 Å². The van der Waals surface area contributed by atoms with E-state index in [0.29, 0.717) is 6.61 Å². The molecule has 9 heteroatoms. The van der Waals surface area contributed by atoms with Gasteiger partial charge >= 0.3 is 6.18 Å². The van der Waals surface area contributed by atoms with E-state index in [2.05, 4.69) is 29.8 Å². The Kier molecular flexibility index (Phi) is 5.00. The van der Waals surface area contributed by atoms with Crippen LogP contribution in [0.5, 0.6) is 0 Å². The fourth-order valence-corrected chi connectivity index (χ4v) is 2.83. The maximum Gasteiger partial charge on any atom is 0.433 e. The van der Waals surface area contributed by atoms with Crippen molar-refractivity contribution >= 4 is 8.07 Å². The topological polar surface area (TPSA) is 44.9 Å². The molecule has 0 radical (unpaired) electrons. The van der Waals surface area contributed by atoms with Crippen LogP contribution in [0.1, 0.15) is 5.69 Å². The first-order chi connectivity index (χ1) is 10.6. The van der Waals surface area contributed by atoms with Crippen molar-refractivity contribution in [3.63, 3.8) is 0 Å². The molecule has 23 heavy (non-hydrogen) atoms. The Morgan fingerprint density at radius 3 is 2.57 bits per heavy atom. The van der Waals surface area contributed by atoms with E-state index in [4.69, 9.17) is 4.74 Å². The highest BCUT2D eigenvalue weighted by Crippen LogP contribution is 2.35. The molecule has 2 rings (SSSR count). The van der Waals surface area contributed by atoms with Crippen LogP contribution in [0.4, 0.5) is 13.2 Å². The lowest BCUT2D eigenvalue weighted by Gasteiger charge is -2.15. The number of alkyl halides is 3. The minimum Gasteiger partial charge on any atom is -0.360 e. The number of nitrogens with zero attached hydrogens (tertiary/aromatic N) is 4. The Hall–Kier alpha value is -1.61. The van der Waals surface area contributed by atoms with Gasteiger partial charge in [0.05, 0.1) is 17.5 Å². The molecule has 0 aliphatic rings. The van der Waals surface area contributed by atoms with Crippen LogP contribution in [0, 0.1) is 0 Å². The third kappa shape index (κ3) is 4.68. The van der Waals surface area contributed by atoms with E-state index in [1.165, 1.54) is 24.0 Å². The van der Waals surface area contributed by atoms with E-state index in [9.17, 15) is 13.2 Å². The number of halogens is 3. The number of aryl methyl sites for hydroxylation is 1. The summed E-state index contributed by atoms with van der Waals surface area (Å²) in [6, 6.07) is 2.57. The summed E-state index contributed by atoms with van der Waals surface area (Å²) < 4.78 is 47.1. The molecule has 2 aromatic heterocycles. The summed E-state index contributed by atoms with van der Waals surface area (Å²) >= 11 is 0. The maximum absolute atomic E-state index is 13.1. The van der Waals surface area contributed by atoms with E-state index in [0.717, 1.165) is 10.7 Å². The SMILES string of the molecule is Cn1ncc(-c2ccn(COCC[Si](C)(C)C)n2)c1C(F)(F)F. The van der Waals surface area contributed by atoms with Crippen LogP contribution in [0.3, 0.4) is 0 Å². The summed E-state index contributed by atoms with van der Waals surface area (Å²) in [5, 5.41) is 7.84. The molecule has 0 spiro atoms. The van der Waals surface area contributed by atoms with E-state index < -0.39 is 19.9 Å². The second-order valence-electron chi connectivity index (χ2n) is 6.62. The predicted molar refractivity (Wildman–Crippen MR) is 83.5 cm³/mol. The molecule has 0 amide bonds. The molecule has 0 bridgehead atoms. The lowest BCUT2D eigenvalue weighted by Crippen LogP contribution is -2.22. The fraction of sp³-hybridized carbons (Fsp3) is 0.571. The smallest absolute Gasteiger partial charge is 0.360 e. The van der Waals surface area contributed by atoms with Gasteiger partial charge in [-0.15, -0.1) is 0 Å². The van der Waals surface area contributed by atoms with Gasteiger partial charge in [-0.2, -0.15) is 23.4 Å². The van der Waals surface area contributed by atoms with Crippen LogP contribution in [0.2, 0.25) is 25.7 Å². The predicted octanol–water partition coefficient (Wildman–Crippen LogP) is 3.61. The van der Waals surface area contributed by atoms with Crippen molar-refractivity contribution in [2.45, 2.75) is 38.6 Å². The molecule has 0 atom stereocenters. The van der Waals surface area contributed by atoms with Gasteiger partial charge in [0.2, 0.25) is 0 Å². The molecule has 128 valence electrons. The van der Waals surface area contributed by atoms with Crippen molar-refractivity contribution in [2.24, 2.45) is 7.05 Å². The lowest BCUT2D eigenvalue weighted by molar-refractivity contribution is -0.143. The standard InChI is InChI=1S/C14H21F3N4OSi/c1-20-13(14(15,16)17)11(9-18-20)12-5-6-21(19-12)10-22-7-8-23(2,3)4/h5-6,9H,7-8,10H2,1-4H3. The van der Waals surface area contributed by atoms with Crippen molar-refractivity contribution in [2.75, 3.05) is 6.61 Å². The van der Waals surface area contributed by atoms with Crippen molar-refractivity contribution in [3.8, 4) is 11.3 Å². The zero-order chi connectivity index (χ0) is 17.3. The van der Waals surface area contributed by atoms with E-state index in [1.807, 2.05) is 0 Å². The van der Waals surface area contributed by atoms with Gasteiger partial charge in [-0.25, -0.2) is 4.68 Å². The maximum atomic E-state index is 13.1. The number of aromatic nitrogens is 4. The van der Waals surface area contributed by atoms with E-state index in [-0.39, 0.29) is 18.0 Å². The molecule has 0 saturated heterocycles. The van der Waals surface area contributed by atoms with Gasteiger partial charge in [-0.3, -0.25) is 4.68 Å². The summed E-state index contributed by atoms with van der Waals surface area (Å²) in [7, 11) is 0.107. The molecule has 0 saturated carbocycles. The third-order valence-electron chi connectivity index (χ3n) is 3.34. The molecule has 0 unspecified atom stereocenters. The van der Waals surface area contributed by atoms with Gasteiger partial charge in [0, 0.05) is 27.9 Å². The quantitative estimate of drug-likeness (QED) is 0.593. The Morgan fingerprint density at radius 1 is 1.26 bits per heavy atom. The number of hydrogen-bond donors (Lipinski definition) is 0. The van der Waals surface area contributed by atoms with E-state index in [1.54, 1.807) is 6.20 Å². The molecule has 0 fully saturated rings. The largest absolute Gasteiger partial charge is 0.433 e. The van der Waals surface area contributed by atoms with Gasteiger partial charge in [-0.1, -0.05) is 19.6 Å². The van der Waals surface area contributed by atoms with Crippen LogP contribution in [0.15, 0.2) is 18.5 Å². The van der Waals surface area contributed by atoms with Crippen molar-refractivity contribution in [1.82, 2.24) is 19.6 Å². The second-order valence-corrected chi connectivity index (χ2v) is 12.2. The highest BCUT2D eigenvalue weighted by Gasteiger charge is 2.38. The number of rotatable bonds is 6. The summed E-state index contributed by atoms with van der Waals surface area (Å²) in [6.45, 7) is 7.62. The summed E-state index contributed by atoms with van der Waals surface area (Å²) in [5.41, 5.74) is -0.595. The molecule has 0 N–H and O–H groups in total. The summed E-state index contributed by atoms with van der Waals surface area (Å²) in [4.78, 5) is 0. The van der Waals surface area contributed by atoms with Gasteiger partial charge < -0.3 is 4.74 Å². The zero-order valence-electron chi connectivity index (χ0n) is 13.7. The average Bonchev–Trinajstić information content (AvgIpc) is 2.99. The molecule has 0 aliphatic carbocycles. The Labute approximate surface area is 134 Å². The van der Waals surface area contributed by atoms with Gasteiger partial charge in [0.25, 0.3) is 0 Å². The molecule has 0 aliphatic heterocycles. The van der Waals surface area contributed by atoms with Crippen molar-refractivity contribution in [1.29, 1.82) is 0 Å². The monoisotopic (exact) mass is 346 g/mol. The molecule has 5 nitrogen and oxygen atoms in total. The molecule has 0 aromatic carbocycles. The van der Waals surface area contributed by atoms with E-state index >= 15 is 0 Å². The minimum atomic E-state index is -4.47. The first-order valence-corrected chi connectivity index (χ1v) is 11.0. The minimum absolute atomic E-state index is 0.0270. The summed E-state index contributed by atoms with van der Waals surface area (Å²) in [5.74, 6) is 0. The second kappa shape index (κ2) is 6.48. The van der Waals surface area contributed by atoms with Crippen molar-refractivity contribution in [3.05, 3.63) is 24.2 Å². The van der Waals surface area contributed by atoms with Gasteiger partial charge in [-0.05, 0) is 12.1 Å².